The summed E-state index contributed by atoms with van der Waals surface area (Å²) in [6.07, 6.45) is 5.25. The minimum absolute atomic E-state index is 0. The van der Waals surface area contributed by atoms with Crippen LogP contribution in [-0.4, -0.2) is 17.5 Å². The highest BCUT2D eigenvalue weighted by atomic mass is 35.5. The van der Waals surface area contributed by atoms with E-state index >= 15 is 0 Å². The summed E-state index contributed by atoms with van der Waals surface area (Å²) in [6.45, 7) is 6.08. The lowest BCUT2D eigenvalue weighted by Crippen LogP contribution is -2.54. The zero-order chi connectivity index (χ0) is 11.5. The van der Waals surface area contributed by atoms with Crippen molar-refractivity contribution in [2.75, 3.05) is 0 Å². The second-order valence-electron chi connectivity index (χ2n) is 5.16. The van der Waals surface area contributed by atoms with Crippen LogP contribution in [0.2, 0.25) is 0 Å². The Morgan fingerprint density at radius 3 is 2.56 bits per heavy atom. The van der Waals surface area contributed by atoms with Gasteiger partial charge in [-0.1, -0.05) is 26.7 Å². The maximum absolute atomic E-state index is 11.9. The van der Waals surface area contributed by atoms with Crippen LogP contribution in [0.3, 0.4) is 0 Å². The van der Waals surface area contributed by atoms with Crippen LogP contribution in [0.5, 0.6) is 0 Å². The Morgan fingerprint density at radius 1 is 1.50 bits per heavy atom. The van der Waals surface area contributed by atoms with Crippen LogP contribution in [0, 0.1) is 5.92 Å². The molecule has 0 saturated heterocycles. The molecule has 3 nitrogen and oxygen atoms in total. The van der Waals surface area contributed by atoms with Crippen LogP contribution < -0.4 is 11.1 Å². The molecule has 1 fully saturated rings. The maximum Gasteiger partial charge on any atom is 0.240 e. The number of amides is 1. The first-order valence-electron chi connectivity index (χ1n) is 6.07. The van der Waals surface area contributed by atoms with Crippen molar-refractivity contribution in [1.29, 1.82) is 0 Å². The summed E-state index contributed by atoms with van der Waals surface area (Å²) in [5, 5.41) is 3.09. The molecule has 3 unspecified atom stereocenters. The second-order valence-corrected chi connectivity index (χ2v) is 5.16. The monoisotopic (exact) mass is 248 g/mol. The van der Waals surface area contributed by atoms with Gasteiger partial charge < -0.3 is 11.1 Å². The van der Waals surface area contributed by atoms with E-state index in [1.165, 1.54) is 12.8 Å². The van der Waals surface area contributed by atoms with Crippen molar-refractivity contribution in [2.45, 2.75) is 64.5 Å². The third-order valence-corrected chi connectivity index (χ3v) is 3.47. The molecule has 16 heavy (non-hydrogen) atoms. The highest BCUT2D eigenvalue weighted by Gasteiger charge is 2.32. The smallest absolute Gasteiger partial charge is 0.240 e. The van der Waals surface area contributed by atoms with Crippen molar-refractivity contribution in [2.24, 2.45) is 11.7 Å². The van der Waals surface area contributed by atoms with Gasteiger partial charge in [-0.05, 0) is 32.1 Å². The van der Waals surface area contributed by atoms with Crippen molar-refractivity contribution >= 4 is 18.3 Å². The molecule has 0 radical (unpaired) electrons. The van der Waals surface area contributed by atoms with E-state index in [4.69, 9.17) is 5.73 Å². The SMILES string of the molecule is CCCC(C)(N)C(=O)NC1CCCC1C.Cl. The van der Waals surface area contributed by atoms with Gasteiger partial charge in [0.25, 0.3) is 0 Å². The van der Waals surface area contributed by atoms with Crippen LogP contribution in [0.4, 0.5) is 0 Å². The molecule has 0 aromatic heterocycles. The zero-order valence-corrected chi connectivity index (χ0v) is 11.4. The van der Waals surface area contributed by atoms with Gasteiger partial charge in [0.2, 0.25) is 5.91 Å². The molecule has 96 valence electrons. The first kappa shape index (κ1) is 15.7. The molecule has 1 rings (SSSR count). The fourth-order valence-electron chi connectivity index (χ4n) is 2.33. The molecule has 0 aromatic rings. The molecule has 0 heterocycles. The van der Waals surface area contributed by atoms with Gasteiger partial charge in [-0.2, -0.15) is 0 Å². The summed E-state index contributed by atoms with van der Waals surface area (Å²) in [7, 11) is 0. The Labute approximate surface area is 105 Å². The first-order chi connectivity index (χ1) is 6.97. The van der Waals surface area contributed by atoms with Gasteiger partial charge in [0.15, 0.2) is 0 Å². The van der Waals surface area contributed by atoms with Crippen molar-refractivity contribution in [3.05, 3.63) is 0 Å². The van der Waals surface area contributed by atoms with E-state index in [0.717, 1.165) is 19.3 Å². The molecule has 1 aliphatic rings. The number of carbonyl (C=O) groups is 1. The highest BCUT2D eigenvalue weighted by molar-refractivity contribution is 5.86. The molecule has 1 saturated carbocycles. The van der Waals surface area contributed by atoms with E-state index in [1.807, 2.05) is 6.92 Å². The third-order valence-electron chi connectivity index (χ3n) is 3.47. The minimum Gasteiger partial charge on any atom is -0.352 e. The molecule has 3 atom stereocenters. The van der Waals surface area contributed by atoms with Gasteiger partial charge in [0.05, 0.1) is 5.54 Å². The van der Waals surface area contributed by atoms with Crippen LogP contribution in [0.1, 0.15) is 52.9 Å². The van der Waals surface area contributed by atoms with Gasteiger partial charge >= 0.3 is 0 Å². The lowest BCUT2D eigenvalue weighted by Gasteiger charge is -2.26. The van der Waals surface area contributed by atoms with Crippen LogP contribution in [0.25, 0.3) is 0 Å². The van der Waals surface area contributed by atoms with E-state index in [2.05, 4.69) is 19.2 Å². The number of hydrogen-bond donors (Lipinski definition) is 2. The third kappa shape index (κ3) is 3.95. The molecule has 4 heteroatoms. The van der Waals surface area contributed by atoms with Crippen molar-refractivity contribution in [3.63, 3.8) is 0 Å². The van der Waals surface area contributed by atoms with E-state index in [-0.39, 0.29) is 18.3 Å². The van der Waals surface area contributed by atoms with E-state index < -0.39 is 5.54 Å². The molecular weight excluding hydrogens is 224 g/mol. The summed E-state index contributed by atoms with van der Waals surface area (Å²) < 4.78 is 0. The number of hydrogen-bond acceptors (Lipinski definition) is 2. The molecule has 0 aliphatic heterocycles. The van der Waals surface area contributed by atoms with Crippen LogP contribution in [-0.2, 0) is 4.79 Å². The summed E-state index contributed by atoms with van der Waals surface area (Å²) in [6, 6.07) is 0.345. The lowest BCUT2D eigenvalue weighted by atomic mass is 9.95. The average Bonchev–Trinajstić information content (AvgIpc) is 2.52. The molecule has 3 N–H and O–H groups in total. The minimum atomic E-state index is -0.697. The Bertz CT molecular complexity index is 231. The molecule has 0 aromatic carbocycles. The van der Waals surface area contributed by atoms with Crippen molar-refractivity contribution < 1.29 is 4.79 Å². The number of carbonyl (C=O) groups excluding carboxylic acids is 1. The van der Waals surface area contributed by atoms with Gasteiger partial charge in [0.1, 0.15) is 0 Å². The lowest BCUT2D eigenvalue weighted by molar-refractivity contribution is -0.127. The first-order valence-corrected chi connectivity index (χ1v) is 6.07. The Balaban J connectivity index is 0.00000225. The van der Waals surface area contributed by atoms with E-state index in [0.29, 0.717) is 12.0 Å². The number of halogens is 1. The Morgan fingerprint density at radius 2 is 2.12 bits per heavy atom. The summed E-state index contributed by atoms with van der Waals surface area (Å²) >= 11 is 0. The van der Waals surface area contributed by atoms with Crippen LogP contribution in [0.15, 0.2) is 0 Å². The summed E-state index contributed by atoms with van der Waals surface area (Å²) in [4.78, 5) is 11.9. The van der Waals surface area contributed by atoms with E-state index in [9.17, 15) is 4.79 Å². The van der Waals surface area contributed by atoms with Gasteiger partial charge in [-0.25, -0.2) is 0 Å². The van der Waals surface area contributed by atoms with Crippen molar-refractivity contribution in [3.8, 4) is 0 Å². The fourth-order valence-corrected chi connectivity index (χ4v) is 2.33. The number of nitrogens with one attached hydrogen (secondary N) is 1. The number of rotatable bonds is 4. The highest BCUT2D eigenvalue weighted by Crippen LogP contribution is 2.25. The maximum atomic E-state index is 11.9. The Hall–Kier alpha value is -0.280. The second kappa shape index (κ2) is 6.45. The van der Waals surface area contributed by atoms with Gasteiger partial charge in [0, 0.05) is 6.04 Å². The molecular formula is C12H25ClN2O. The number of nitrogens with two attached hydrogens (primary N) is 1. The molecule has 1 aliphatic carbocycles. The van der Waals surface area contributed by atoms with E-state index in [1.54, 1.807) is 0 Å². The normalized spacial score (nSPS) is 28.0. The summed E-state index contributed by atoms with van der Waals surface area (Å²) in [5.41, 5.74) is 5.28. The predicted molar refractivity (Wildman–Crippen MR) is 69.7 cm³/mol. The standard InChI is InChI=1S/C12H24N2O.ClH/c1-4-8-12(3,13)11(15)14-10-7-5-6-9(10)2;/h9-10H,4-8,13H2,1-3H3,(H,14,15);1H. The summed E-state index contributed by atoms with van der Waals surface area (Å²) in [5.74, 6) is 0.620. The van der Waals surface area contributed by atoms with Crippen molar-refractivity contribution in [1.82, 2.24) is 5.32 Å². The van der Waals surface area contributed by atoms with Gasteiger partial charge in [-0.3, -0.25) is 4.79 Å². The predicted octanol–water partition coefficient (Wildman–Crippen LogP) is 2.23. The van der Waals surface area contributed by atoms with Gasteiger partial charge in [-0.15, -0.1) is 12.4 Å². The molecule has 0 spiro atoms. The quantitative estimate of drug-likeness (QED) is 0.802. The Kier molecular flexibility index (Phi) is 6.34. The zero-order valence-electron chi connectivity index (χ0n) is 10.6. The topological polar surface area (TPSA) is 55.1 Å². The fraction of sp³-hybridized carbons (Fsp3) is 0.917. The van der Waals surface area contributed by atoms with Crippen LogP contribution >= 0.6 is 12.4 Å². The average molecular weight is 249 g/mol. The molecule has 1 amide bonds. The molecule has 0 bridgehead atoms. The largest absolute Gasteiger partial charge is 0.352 e.